The van der Waals surface area contributed by atoms with E-state index < -0.39 is 0 Å². The maximum Gasteiger partial charge on any atom is 0.226 e. The normalized spacial score (nSPS) is 22.1. The van der Waals surface area contributed by atoms with Gasteiger partial charge in [-0.15, -0.1) is 0 Å². The van der Waals surface area contributed by atoms with E-state index in [-0.39, 0.29) is 6.04 Å². The Morgan fingerprint density at radius 2 is 1.95 bits per heavy atom. The largest absolute Gasteiger partial charge is 0.376 e. The van der Waals surface area contributed by atoms with Crippen LogP contribution in [0.15, 0.2) is 4.52 Å². The van der Waals surface area contributed by atoms with E-state index in [0.29, 0.717) is 18.5 Å². The quantitative estimate of drug-likeness (QED) is 0.836. The molecule has 0 bridgehead atoms. The maximum atomic E-state index is 6.06. The second-order valence-corrected chi connectivity index (χ2v) is 6.58. The molecule has 3 rings (SSSR count). The lowest BCUT2D eigenvalue weighted by Gasteiger charge is -2.26. The van der Waals surface area contributed by atoms with Crippen LogP contribution in [0.2, 0.25) is 0 Å². The van der Waals surface area contributed by atoms with Crippen molar-refractivity contribution in [3.8, 4) is 0 Å². The van der Waals surface area contributed by atoms with Crippen LogP contribution in [0.1, 0.15) is 75.5 Å². The van der Waals surface area contributed by atoms with Crippen molar-refractivity contribution in [1.82, 2.24) is 10.1 Å². The van der Waals surface area contributed by atoms with Gasteiger partial charge in [-0.2, -0.15) is 4.98 Å². The molecule has 1 aromatic heterocycles. The SMILES string of the molecule is NC(COC1CCC1)c1noc(CCC2CCCCC2)n1. The second kappa shape index (κ2) is 7.36. The highest BCUT2D eigenvalue weighted by molar-refractivity contribution is 4.93. The number of hydrogen-bond donors (Lipinski definition) is 1. The minimum absolute atomic E-state index is 0.266. The third kappa shape index (κ3) is 4.27. The van der Waals surface area contributed by atoms with Gasteiger partial charge >= 0.3 is 0 Å². The Balaban J connectivity index is 1.41. The Hall–Kier alpha value is -0.940. The van der Waals surface area contributed by atoms with Gasteiger partial charge in [-0.1, -0.05) is 37.3 Å². The fraction of sp³-hybridized carbons (Fsp3) is 0.875. The lowest BCUT2D eigenvalue weighted by atomic mass is 9.86. The van der Waals surface area contributed by atoms with Crippen molar-refractivity contribution in [2.24, 2.45) is 11.7 Å². The zero-order valence-electron chi connectivity index (χ0n) is 12.8. The number of nitrogens with two attached hydrogens (primary N) is 1. The molecule has 0 amide bonds. The summed E-state index contributed by atoms with van der Waals surface area (Å²) in [4.78, 5) is 4.43. The topological polar surface area (TPSA) is 74.2 Å². The van der Waals surface area contributed by atoms with E-state index in [1.165, 1.54) is 38.5 Å². The third-order valence-electron chi connectivity index (χ3n) is 4.87. The summed E-state index contributed by atoms with van der Waals surface area (Å²) in [5, 5.41) is 4.01. The fourth-order valence-corrected chi connectivity index (χ4v) is 3.18. The Morgan fingerprint density at radius 3 is 2.67 bits per heavy atom. The van der Waals surface area contributed by atoms with Gasteiger partial charge in [-0.25, -0.2) is 0 Å². The molecule has 21 heavy (non-hydrogen) atoms. The number of aryl methyl sites for hydroxylation is 1. The first-order chi connectivity index (χ1) is 10.3. The number of aromatic nitrogens is 2. The smallest absolute Gasteiger partial charge is 0.226 e. The van der Waals surface area contributed by atoms with E-state index in [4.69, 9.17) is 15.0 Å². The molecule has 2 fully saturated rings. The van der Waals surface area contributed by atoms with Crippen LogP contribution < -0.4 is 5.73 Å². The molecule has 5 heteroatoms. The molecule has 2 N–H and O–H groups in total. The van der Waals surface area contributed by atoms with Gasteiger partial charge < -0.3 is 15.0 Å². The van der Waals surface area contributed by atoms with Crippen molar-refractivity contribution >= 4 is 0 Å². The molecule has 2 saturated carbocycles. The van der Waals surface area contributed by atoms with Crippen molar-refractivity contribution < 1.29 is 9.26 Å². The number of ether oxygens (including phenoxy) is 1. The van der Waals surface area contributed by atoms with Crippen molar-refractivity contribution in [2.75, 3.05) is 6.61 Å². The van der Waals surface area contributed by atoms with Gasteiger partial charge in [0.15, 0.2) is 5.82 Å². The first kappa shape index (κ1) is 15.0. The molecule has 0 aliphatic heterocycles. The summed E-state index contributed by atoms with van der Waals surface area (Å²) in [6.07, 6.45) is 12.9. The van der Waals surface area contributed by atoms with Gasteiger partial charge in [-0.3, -0.25) is 0 Å². The first-order valence-corrected chi connectivity index (χ1v) is 8.51. The van der Waals surface area contributed by atoms with E-state index in [1.807, 2.05) is 0 Å². The summed E-state index contributed by atoms with van der Waals surface area (Å²) in [5.74, 6) is 2.16. The first-order valence-electron chi connectivity index (χ1n) is 8.51. The van der Waals surface area contributed by atoms with E-state index in [1.54, 1.807) is 0 Å². The van der Waals surface area contributed by atoms with Crippen molar-refractivity contribution in [3.63, 3.8) is 0 Å². The van der Waals surface area contributed by atoms with E-state index >= 15 is 0 Å². The zero-order valence-corrected chi connectivity index (χ0v) is 12.8. The highest BCUT2D eigenvalue weighted by Crippen LogP contribution is 2.27. The molecule has 2 aliphatic carbocycles. The molecule has 1 heterocycles. The zero-order chi connectivity index (χ0) is 14.5. The van der Waals surface area contributed by atoms with Crippen molar-refractivity contribution in [1.29, 1.82) is 0 Å². The van der Waals surface area contributed by atoms with Crippen LogP contribution in [0, 0.1) is 5.92 Å². The standard InChI is InChI=1S/C16H27N3O2/c17-14(11-20-13-7-4-8-13)16-18-15(21-19-16)10-9-12-5-2-1-3-6-12/h12-14H,1-11,17H2. The Kier molecular flexibility index (Phi) is 5.25. The highest BCUT2D eigenvalue weighted by atomic mass is 16.5. The lowest BCUT2D eigenvalue weighted by molar-refractivity contribution is -0.00549. The number of rotatable bonds is 7. The number of hydrogen-bond acceptors (Lipinski definition) is 5. The Bertz CT molecular complexity index is 425. The van der Waals surface area contributed by atoms with Crippen LogP contribution in [-0.2, 0) is 11.2 Å². The summed E-state index contributed by atoms with van der Waals surface area (Å²) in [7, 11) is 0. The molecule has 1 aromatic rings. The predicted molar refractivity (Wildman–Crippen MR) is 79.7 cm³/mol. The van der Waals surface area contributed by atoms with Crippen LogP contribution in [0.5, 0.6) is 0 Å². The van der Waals surface area contributed by atoms with Crippen LogP contribution >= 0.6 is 0 Å². The minimum atomic E-state index is -0.266. The van der Waals surface area contributed by atoms with Gasteiger partial charge in [-0.05, 0) is 31.6 Å². The molecule has 1 atom stereocenters. The van der Waals surface area contributed by atoms with E-state index in [0.717, 1.165) is 37.5 Å². The van der Waals surface area contributed by atoms with Gasteiger partial charge in [0.25, 0.3) is 0 Å². The average molecular weight is 293 g/mol. The summed E-state index contributed by atoms with van der Waals surface area (Å²) in [6, 6.07) is -0.266. The monoisotopic (exact) mass is 293 g/mol. The van der Waals surface area contributed by atoms with Gasteiger partial charge in [0.1, 0.15) is 0 Å². The summed E-state index contributed by atoms with van der Waals surface area (Å²) < 4.78 is 11.0. The minimum Gasteiger partial charge on any atom is -0.376 e. The molecule has 118 valence electrons. The van der Waals surface area contributed by atoms with Crippen molar-refractivity contribution in [2.45, 2.75) is 76.4 Å². The molecule has 5 nitrogen and oxygen atoms in total. The molecular formula is C16H27N3O2. The summed E-state index contributed by atoms with van der Waals surface area (Å²) in [5.41, 5.74) is 6.06. The highest BCUT2D eigenvalue weighted by Gasteiger charge is 2.21. The fourth-order valence-electron chi connectivity index (χ4n) is 3.18. The molecule has 2 aliphatic rings. The van der Waals surface area contributed by atoms with E-state index in [9.17, 15) is 0 Å². The lowest BCUT2D eigenvalue weighted by Crippen LogP contribution is -2.27. The maximum absolute atomic E-state index is 6.06. The molecule has 1 unspecified atom stereocenters. The molecule has 0 spiro atoms. The average Bonchev–Trinajstić information content (AvgIpc) is 2.93. The molecule has 0 radical (unpaired) electrons. The van der Waals surface area contributed by atoms with Crippen LogP contribution in [0.3, 0.4) is 0 Å². The summed E-state index contributed by atoms with van der Waals surface area (Å²) >= 11 is 0. The van der Waals surface area contributed by atoms with Crippen LogP contribution in [0.25, 0.3) is 0 Å². The number of nitrogens with zero attached hydrogens (tertiary/aromatic N) is 2. The molecule has 0 saturated heterocycles. The van der Waals surface area contributed by atoms with Crippen molar-refractivity contribution in [3.05, 3.63) is 11.7 Å². The Labute approximate surface area is 126 Å². The molecule has 0 aromatic carbocycles. The summed E-state index contributed by atoms with van der Waals surface area (Å²) in [6.45, 7) is 0.492. The Morgan fingerprint density at radius 1 is 1.14 bits per heavy atom. The predicted octanol–water partition coefficient (Wildman–Crippen LogP) is 3.15. The second-order valence-electron chi connectivity index (χ2n) is 6.58. The van der Waals surface area contributed by atoms with Crippen LogP contribution in [0.4, 0.5) is 0 Å². The van der Waals surface area contributed by atoms with Crippen LogP contribution in [-0.4, -0.2) is 22.9 Å². The van der Waals surface area contributed by atoms with Gasteiger partial charge in [0, 0.05) is 6.42 Å². The van der Waals surface area contributed by atoms with Gasteiger partial charge in [0.2, 0.25) is 5.89 Å². The van der Waals surface area contributed by atoms with Gasteiger partial charge in [0.05, 0.1) is 18.8 Å². The molecular weight excluding hydrogens is 266 g/mol. The third-order valence-corrected chi connectivity index (χ3v) is 4.87. The van der Waals surface area contributed by atoms with E-state index in [2.05, 4.69) is 10.1 Å².